The lowest BCUT2D eigenvalue weighted by atomic mass is 9.83. The van der Waals surface area contributed by atoms with E-state index in [0.717, 1.165) is 37.0 Å². The molecule has 1 fully saturated rings. The summed E-state index contributed by atoms with van der Waals surface area (Å²) >= 11 is 0. The largest absolute Gasteiger partial charge is 0.345 e. The van der Waals surface area contributed by atoms with Gasteiger partial charge in [0.2, 0.25) is 5.91 Å². The number of hydrogen-bond acceptors (Lipinski definition) is 4. The molecule has 0 radical (unpaired) electrons. The fraction of sp³-hybridized carbons (Fsp3) is 0.429. The number of ketones is 1. The summed E-state index contributed by atoms with van der Waals surface area (Å²) in [7, 11) is 0. The van der Waals surface area contributed by atoms with Crippen molar-refractivity contribution in [2.75, 3.05) is 23.3 Å². The van der Waals surface area contributed by atoms with Crippen molar-refractivity contribution in [3.8, 4) is 0 Å². The third kappa shape index (κ3) is 5.78. The van der Waals surface area contributed by atoms with E-state index in [9.17, 15) is 14.4 Å². The van der Waals surface area contributed by atoms with Crippen molar-refractivity contribution < 1.29 is 14.4 Å². The summed E-state index contributed by atoms with van der Waals surface area (Å²) in [5.74, 6) is -0.199. The van der Waals surface area contributed by atoms with E-state index in [1.54, 1.807) is 12.1 Å². The Kier molecular flexibility index (Phi) is 7.34. The van der Waals surface area contributed by atoms with Gasteiger partial charge in [-0.3, -0.25) is 14.5 Å². The van der Waals surface area contributed by atoms with Gasteiger partial charge in [0.25, 0.3) is 0 Å². The first kappa shape index (κ1) is 24.6. The van der Waals surface area contributed by atoms with Crippen LogP contribution in [0.1, 0.15) is 58.4 Å². The number of carbonyl (C=O) groups is 3. The Bertz CT molecular complexity index is 1110. The second-order valence-corrected chi connectivity index (χ2v) is 10.4. The molecule has 7 heteroatoms. The van der Waals surface area contributed by atoms with Crippen LogP contribution in [0.3, 0.4) is 0 Å². The average Bonchev–Trinajstić information content (AvgIpc) is 2.95. The maximum atomic E-state index is 13.8. The van der Waals surface area contributed by atoms with E-state index < -0.39 is 11.4 Å². The van der Waals surface area contributed by atoms with Gasteiger partial charge in [-0.05, 0) is 31.0 Å². The third-order valence-electron chi connectivity index (χ3n) is 6.63. The van der Waals surface area contributed by atoms with Gasteiger partial charge in [0.1, 0.15) is 6.54 Å². The van der Waals surface area contributed by atoms with Gasteiger partial charge in [0.15, 0.2) is 5.78 Å². The Labute approximate surface area is 207 Å². The number of nitrogens with zero attached hydrogens (tertiary/aromatic N) is 3. The molecule has 1 aliphatic carbocycles. The summed E-state index contributed by atoms with van der Waals surface area (Å²) < 4.78 is 0. The molecule has 1 heterocycles. The highest BCUT2D eigenvalue weighted by atomic mass is 16.2. The lowest BCUT2D eigenvalue weighted by molar-refractivity contribution is -0.124. The molecular formula is C28H34N4O3. The van der Waals surface area contributed by atoms with Crippen molar-refractivity contribution in [1.82, 2.24) is 5.01 Å². The van der Waals surface area contributed by atoms with Crippen LogP contribution >= 0.6 is 0 Å². The second kappa shape index (κ2) is 10.4. The summed E-state index contributed by atoms with van der Waals surface area (Å²) in [5, 5.41) is 8.88. The zero-order valence-electron chi connectivity index (χ0n) is 20.8. The molecule has 2 aliphatic rings. The van der Waals surface area contributed by atoms with Crippen LogP contribution in [0.2, 0.25) is 0 Å². The van der Waals surface area contributed by atoms with Crippen LogP contribution in [0.15, 0.2) is 59.7 Å². The highest BCUT2D eigenvalue weighted by Gasteiger charge is 2.36. The van der Waals surface area contributed by atoms with Crippen molar-refractivity contribution in [2.24, 2.45) is 16.4 Å². The Morgan fingerprint density at radius 1 is 0.943 bits per heavy atom. The van der Waals surface area contributed by atoms with Gasteiger partial charge in [-0.2, -0.15) is 5.10 Å². The normalized spacial score (nSPS) is 16.9. The van der Waals surface area contributed by atoms with Gasteiger partial charge >= 0.3 is 6.03 Å². The first-order valence-corrected chi connectivity index (χ1v) is 12.4. The van der Waals surface area contributed by atoms with E-state index in [0.29, 0.717) is 11.4 Å². The van der Waals surface area contributed by atoms with Crippen molar-refractivity contribution in [1.29, 1.82) is 0 Å². The Balaban J connectivity index is 1.71. The molecule has 1 aliphatic heterocycles. The van der Waals surface area contributed by atoms with Crippen molar-refractivity contribution in [3.05, 3.63) is 60.2 Å². The topological polar surface area (TPSA) is 82.1 Å². The van der Waals surface area contributed by atoms with Crippen LogP contribution in [0, 0.1) is 11.3 Å². The number of amides is 3. The van der Waals surface area contributed by atoms with Crippen LogP contribution in [-0.2, 0) is 9.59 Å². The fourth-order valence-corrected chi connectivity index (χ4v) is 4.57. The summed E-state index contributed by atoms with van der Waals surface area (Å²) in [5.41, 5.74) is 2.40. The first-order valence-electron chi connectivity index (χ1n) is 12.4. The standard InChI is InChI=1S/C28H34N4O3/c1-28(2,3)24(33)18-31-23-17-11-10-16-22(23)26(20-12-6-4-7-13-20)30-32(27(31)35)19-25(34)29-21-14-8-5-9-15-21/h5,8-11,14-17,20H,4,6-7,12-13,18-19H2,1-3H3,(H,29,34). The van der Waals surface area contributed by atoms with Gasteiger partial charge in [-0.15, -0.1) is 0 Å². The number of carbonyl (C=O) groups excluding carboxylic acids is 3. The summed E-state index contributed by atoms with van der Waals surface area (Å²) in [4.78, 5) is 41.2. The average molecular weight is 475 g/mol. The number of fused-ring (bicyclic) bond motifs is 1. The molecule has 35 heavy (non-hydrogen) atoms. The SMILES string of the molecule is CC(C)(C)C(=O)CN1C(=O)N(CC(=O)Nc2ccccc2)N=C(C2CCCCC2)c2ccccc21. The van der Waals surface area contributed by atoms with Crippen LogP contribution in [0.5, 0.6) is 0 Å². The monoisotopic (exact) mass is 474 g/mol. The minimum Gasteiger partial charge on any atom is -0.324 e. The number of urea groups is 1. The minimum atomic E-state index is -0.607. The molecule has 3 amide bonds. The first-order chi connectivity index (χ1) is 16.7. The minimum absolute atomic E-state index is 0.0598. The highest BCUT2D eigenvalue weighted by molar-refractivity contribution is 6.13. The Hall–Kier alpha value is -3.48. The molecule has 1 N–H and O–H groups in total. The number of hydrazone groups is 1. The van der Waals surface area contributed by atoms with Gasteiger partial charge < -0.3 is 5.32 Å². The Morgan fingerprint density at radius 2 is 1.60 bits per heavy atom. The molecule has 7 nitrogen and oxygen atoms in total. The molecule has 184 valence electrons. The zero-order valence-corrected chi connectivity index (χ0v) is 20.8. The number of rotatable bonds is 6. The zero-order chi connectivity index (χ0) is 25.0. The van der Waals surface area contributed by atoms with E-state index in [1.807, 2.05) is 63.2 Å². The van der Waals surface area contributed by atoms with Crippen molar-refractivity contribution in [3.63, 3.8) is 0 Å². The molecule has 4 rings (SSSR count). The lowest BCUT2D eigenvalue weighted by Crippen LogP contribution is -2.47. The molecule has 2 aromatic carbocycles. The number of nitrogens with one attached hydrogen (secondary N) is 1. The second-order valence-electron chi connectivity index (χ2n) is 10.4. The van der Waals surface area contributed by atoms with E-state index in [2.05, 4.69) is 5.32 Å². The predicted octanol–water partition coefficient (Wildman–Crippen LogP) is 5.47. The summed E-state index contributed by atoms with van der Waals surface area (Å²) in [6.07, 6.45) is 5.40. The quantitative estimate of drug-likeness (QED) is 0.603. The summed E-state index contributed by atoms with van der Waals surface area (Å²) in [6, 6.07) is 16.3. The molecule has 2 aromatic rings. The molecule has 1 saturated carbocycles. The molecule has 0 atom stereocenters. The smallest absolute Gasteiger partial charge is 0.324 e. The van der Waals surface area contributed by atoms with Crippen LogP contribution in [0.4, 0.5) is 16.2 Å². The van der Waals surface area contributed by atoms with E-state index in [4.69, 9.17) is 5.10 Å². The van der Waals surface area contributed by atoms with Crippen molar-refractivity contribution in [2.45, 2.75) is 52.9 Å². The fourth-order valence-electron chi connectivity index (χ4n) is 4.57. The molecule has 0 unspecified atom stereocenters. The van der Waals surface area contributed by atoms with E-state index >= 15 is 0 Å². The van der Waals surface area contributed by atoms with E-state index in [1.165, 1.54) is 16.3 Å². The number of para-hydroxylation sites is 2. The molecular weight excluding hydrogens is 440 g/mol. The number of Topliss-reactive ketones (excluding diaryl/α,β-unsaturated/α-hetero) is 1. The molecule has 0 aromatic heterocycles. The molecule has 0 saturated heterocycles. The molecule has 0 spiro atoms. The number of hydrogen-bond donors (Lipinski definition) is 1. The maximum Gasteiger partial charge on any atom is 0.345 e. The van der Waals surface area contributed by atoms with E-state index in [-0.39, 0.29) is 30.7 Å². The third-order valence-corrected chi connectivity index (χ3v) is 6.63. The van der Waals surface area contributed by atoms with Crippen LogP contribution < -0.4 is 10.2 Å². The van der Waals surface area contributed by atoms with Crippen LogP contribution in [-0.4, -0.2) is 41.5 Å². The lowest BCUT2D eigenvalue weighted by Gasteiger charge is -2.28. The predicted molar refractivity (Wildman–Crippen MR) is 139 cm³/mol. The highest BCUT2D eigenvalue weighted by Crippen LogP contribution is 2.34. The van der Waals surface area contributed by atoms with Gasteiger partial charge in [-0.1, -0.05) is 76.4 Å². The van der Waals surface area contributed by atoms with Gasteiger partial charge in [-0.25, -0.2) is 9.80 Å². The number of anilines is 2. The molecule has 0 bridgehead atoms. The van der Waals surface area contributed by atoms with Crippen molar-refractivity contribution >= 4 is 34.8 Å². The van der Waals surface area contributed by atoms with Gasteiger partial charge in [0, 0.05) is 22.6 Å². The Morgan fingerprint density at radius 3 is 2.29 bits per heavy atom. The summed E-state index contributed by atoms with van der Waals surface area (Å²) in [6.45, 7) is 5.22. The van der Waals surface area contributed by atoms with Crippen LogP contribution in [0.25, 0.3) is 0 Å². The number of benzene rings is 2. The van der Waals surface area contributed by atoms with Gasteiger partial charge in [0.05, 0.1) is 17.9 Å². The maximum absolute atomic E-state index is 13.8.